The number of nitrogens with zero attached hydrogens (tertiary/aromatic N) is 1. The maximum atomic E-state index is 12.2. The average molecular weight is 269 g/mol. The average Bonchev–Trinajstić information content (AvgIpc) is 2.47. The minimum absolute atomic E-state index is 0.0433. The number of carbonyl (C=O) groups is 1. The van der Waals surface area contributed by atoms with Gasteiger partial charge in [-0.2, -0.15) is 0 Å². The highest BCUT2D eigenvalue weighted by Crippen LogP contribution is 2.17. The first kappa shape index (κ1) is 14.2. The van der Waals surface area contributed by atoms with Gasteiger partial charge in [0.15, 0.2) is 0 Å². The Morgan fingerprint density at radius 3 is 2.80 bits per heavy atom. The van der Waals surface area contributed by atoms with Gasteiger partial charge in [0.1, 0.15) is 0 Å². The number of aromatic nitrogens is 1. The van der Waals surface area contributed by atoms with E-state index >= 15 is 0 Å². The lowest BCUT2D eigenvalue weighted by Gasteiger charge is -2.16. The highest BCUT2D eigenvalue weighted by atomic mass is 16.1. The third-order valence-electron chi connectivity index (χ3n) is 3.29. The molecule has 4 nitrogen and oxygen atoms in total. The summed E-state index contributed by atoms with van der Waals surface area (Å²) in [6, 6.07) is 11.4. The number of nitrogens with two attached hydrogens (primary N) is 1. The third-order valence-corrected chi connectivity index (χ3v) is 3.29. The molecular formula is C16H19N3O. The number of aryl methyl sites for hydroxylation is 1. The number of hydrogen-bond acceptors (Lipinski definition) is 3. The smallest absolute Gasteiger partial charge is 0.251 e. The van der Waals surface area contributed by atoms with Crippen molar-refractivity contribution in [2.75, 3.05) is 0 Å². The molecule has 1 aromatic heterocycles. The van der Waals surface area contributed by atoms with Crippen LogP contribution in [0.1, 0.15) is 40.1 Å². The van der Waals surface area contributed by atoms with Gasteiger partial charge >= 0.3 is 0 Å². The normalized spacial score (nSPS) is 11.9. The third kappa shape index (κ3) is 3.22. The summed E-state index contributed by atoms with van der Waals surface area (Å²) in [5, 5.41) is 3.00. The van der Waals surface area contributed by atoms with Crippen LogP contribution in [-0.4, -0.2) is 10.9 Å². The number of benzene rings is 1. The Balaban J connectivity index is 2.13. The molecule has 0 aliphatic heterocycles. The Hall–Kier alpha value is -2.20. The van der Waals surface area contributed by atoms with Crippen LogP contribution in [0.4, 0.5) is 0 Å². The van der Waals surface area contributed by atoms with Gasteiger partial charge in [-0.05, 0) is 37.1 Å². The highest BCUT2D eigenvalue weighted by molar-refractivity contribution is 5.94. The van der Waals surface area contributed by atoms with Crippen LogP contribution in [0.25, 0.3) is 0 Å². The van der Waals surface area contributed by atoms with E-state index in [1.807, 2.05) is 38.1 Å². The molecule has 0 aliphatic carbocycles. The quantitative estimate of drug-likeness (QED) is 0.895. The summed E-state index contributed by atoms with van der Waals surface area (Å²) in [6.45, 7) is 4.34. The van der Waals surface area contributed by atoms with E-state index in [1.54, 1.807) is 18.3 Å². The number of amides is 1. The number of rotatable bonds is 4. The summed E-state index contributed by atoms with van der Waals surface area (Å²) in [6.07, 6.45) is 1.61. The summed E-state index contributed by atoms with van der Waals surface area (Å²) in [5.41, 5.74) is 9.11. The molecule has 1 aromatic carbocycles. The maximum Gasteiger partial charge on any atom is 0.251 e. The highest BCUT2D eigenvalue weighted by Gasteiger charge is 2.13. The molecule has 0 radical (unpaired) electrons. The van der Waals surface area contributed by atoms with E-state index in [4.69, 9.17) is 5.73 Å². The predicted molar refractivity (Wildman–Crippen MR) is 79.2 cm³/mol. The van der Waals surface area contributed by atoms with Gasteiger partial charge in [-0.25, -0.2) is 0 Å². The Morgan fingerprint density at radius 2 is 2.10 bits per heavy atom. The summed E-state index contributed by atoms with van der Waals surface area (Å²) in [5.74, 6) is -0.113. The number of nitrogens with one attached hydrogen (secondary N) is 1. The van der Waals surface area contributed by atoms with Gasteiger partial charge in [0, 0.05) is 18.3 Å². The van der Waals surface area contributed by atoms with Crippen molar-refractivity contribution in [1.29, 1.82) is 0 Å². The van der Waals surface area contributed by atoms with Crippen molar-refractivity contribution in [2.45, 2.75) is 26.4 Å². The van der Waals surface area contributed by atoms with Gasteiger partial charge < -0.3 is 11.1 Å². The van der Waals surface area contributed by atoms with E-state index in [9.17, 15) is 4.79 Å². The first-order valence-corrected chi connectivity index (χ1v) is 6.63. The van der Waals surface area contributed by atoms with Crippen LogP contribution in [0.5, 0.6) is 0 Å². The largest absolute Gasteiger partial charge is 0.346 e. The first-order chi connectivity index (χ1) is 9.61. The van der Waals surface area contributed by atoms with E-state index in [1.165, 1.54) is 0 Å². The summed E-state index contributed by atoms with van der Waals surface area (Å²) >= 11 is 0. The minimum Gasteiger partial charge on any atom is -0.346 e. The lowest BCUT2D eigenvalue weighted by atomic mass is 10.0. The molecule has 1 amide bonds. The fraction of sp³-hybridized carbons (Fsp3) is 0.250. The van der Waals surface area contributed by atoms with Gasteiger partial charge in [0.05, 0.1) is 11.7 Å². The molecule has 2 aromatic rings. The van der Waals surface area contributed by atoms with Crippen molar-refractivity contribution in [3.8, 4) is 0 Å². The summed E-state index contributed by atoms with van der Waals surface area (Å²) in [4.78, 5) is 16.3. The zero-order valence-corrected chi connectivity index (χ0v) is 11.8. The molecular weight excluding hydrogens is 250 g/mol. The van der Waals surface area contributed by atoms with Gasteiger partial charge in [0.25, 0.3) is 5.91 Å². The Kier molecular flexibility index (Phi) is 4.48. The lowest BCUT2D eigenvalue weighted by Crippen LogP contribution is -2.27. The molecule has 20 heavy (non-hydrogen) atoms. The minimum atomic E-state index is -0.113. The fourth-order valence-electron chi connectivity index (χ4n) is 2.16. The summed E-state index contributed by atoms with van der Waals surface area (Å²) in [7, 11) is 0. The van der Waals surface area contributed by atoms with Crippen LogP contribution < -0.4 is 11.1 Å². The zero-order valence-electron chi connectivity index (χ0n) is 11.8. The van der Waals surface area contributed by atoms with E-state index in [0.29, 0.717) is 17.8 Å². The number of pyridine rings is 1. The molecule has 1 heterocycles. The van der Waals surface area contributed by atoms with Crippen LogP contribution >= 0.6 is 0 Å². The molecule has 0 bridgehead atoms. The fourth-order valence-corrected chi connectivity index (χ4v) is 2.16. The molecule has 2 rings (SSSR count). The van der Waals surface area contributed by atoms with Crippen molar-refractivity contribution >= 4 is 5.91 Å². The molecule has 0 saturated heterocycles. The van der Waals surface area contributed by atoms with Crippen molar-refractivity contribution in [3.63, 3.8) is 0 Å². The zero-order chi connectivity index (χ0) is 14.5. The molecule has 3 N–H and O–H groups in total. The van der Waals surface area contributed by atoms with Gasteiger partial charge in [0.2, 0.25) is 0 Å². The van der Waals surface area contributed by atoms with E-state index in [-0.39, 0.29) is 11.9 Å². The predicted octanol–water partition coefficient (Wildman–Crippen LogP) is 2.34. The molecule has 0 spiro atoms. The van der Waals surface area contributed by atoms with Gasteiger partial charge in [-0.1, -0.05) is 24.3 Å². The number of carbonyl (C=O) groups excluding carboxylic acids is 1. The van der Waals surface area contributed by atoms with Crippen LogP contribution in [0.3, 0.4) is 0 Å². The SMILES string of the molecule is Cc1ccccc1C(C)NC(=O)c1ccnc(CN)c1. The monoisotopic (exact) mass is 269 g/mol. The van der Waals surface area contributed by atoms with Crippen LogP contribution in [0.15, 0.2) is 42.6 Å². The molecule has 4 heteroatoms. The van der Waals surface area contributed by atoms with Crippen LogP contribution in [0.2, 0.25) is 0 Å². The molecule has 0 saturated carbocycles. The second kappa shape index (κ2) is 6.30. The molecule has 0 aliphatic rings. The van der Waals surface area contributed by atoms with Crippen molar-refractivity contribution in [1.82, 2.24) is 10.3 Å². The second-order valence-corrected chi connectivity index (χ2v) is 4.79. The first-order valence-electron chi connectivity index (χ1n) is 6.63. The van der Waals surface area contributed by atoms with Crippen LogP contribution in [-0.2, 0) is 6.54 Å². The molecule has 1 unspecified atom stereocenters. The molecule has 0 fully saturated rings. The van der Waals surface area contributed by atoms with Gasteiger partial charge in [-0.3, -0.25) is 9.78 Å². The van der Waals surface area contributed by atoms with Gasteiger partial charge in [-0.15, -0.1) is 0 Å². The lowest BCUT2D eigenvalue weighted by molar-refractivity contribution is 0.0939. The van der Waals surface area contributed by atoms with Crippen molar-refractivity contribution in [3.05, 3.63) is 65.0 Å². The summed E-state index contributed by atoms with van der Waals surface area (Å²) < 4.78 is 0. The Bertz CT molecular complexity index is 610. The standard InChI is InChI=1S/C16H19N3O/c1-11-5-3-4-6-15(11)12(2)19-16(20)13-7-8-18-14(9-13)10-17/h3-9,12H,10,17H2,1-2H3,(H,19,20). The topological polar surface area (TPSA) is 68.0 Å². The Labute approximate surface area is 119 Å². The van der Waals surface area contributed by atoms with E-state index in [2.05, 4.69) is 10.3 Å². The van der Waals surface area contributed by atoms with Crippen molar-refractivity contribution < 1.29 is 4.79 Å². The second-order valence-electron chi connectivity index (χ2n) is 4.79. The van der Waals surface area contributed by atoms with Crippen LogP contribution in [0, 0.1) is 6.92 Å². The molecule has 1 atom stereocenters. The maximum absolute atomic E-state index is 12.2. The van der Waals surface area contributed by atoms with E-state index < -0.39 is 0 Å². The Morgan fingerprint density at radius 1 is 1.35 bits per heavy atom. The van der Waals surface area contributed by atoms with Crippen molar-refractivity contribution in [2.24, 2.45) is 5.73 Å². The molecule has 104 valence electrons. The number of hydrogen-bond donors (Lipinski definition) is 2. The van der Waals surface area contributed by atoms with E-state index in [0.717, 1.165) is 11.1 Å².